The van der Waals surface area contributed by atoms with Gasteiger partial charge in [-0.2, -0.15) is 0 Å². The van der Waals surface area contributed by atoms with Gasteiger partial charge in [-0.15, -0.1) is 11.6 Å². The van der Waals surface area contributed by atoms with Gasteiger partial charge in [-0.3, -0.25) is 10.1 Å². The summed E-state index contributed by atoms with van der Waals surface area (Å²) in [4.78, 5) is 21.8. The van der Waals surface area contributed by atoms with Crippen LogP contribution in [0.5, 0.6) is 0 Å². The summed E-state index contributed by atoms with van der Waals surface area (Å²) in [6.07, 6.45) is -0.157. The van der Waals surface area contributed by atoms with E-state index in [1.54, 1.807) is 0 Å². The first-order chi connectivity index (χ1) is 7.22. The molecule has 2 N–H and O–H groups in total. The van der Waals surface area contributed by atoms with Crippen LogP contribution in [0.15, 0.2) is 0 Å². The summed E-state index contributed by atoms with van der Waals surface area (Å²) < 4.78 is 10.4. The van der Waals surface area contributed by atoms with Gasteiger partial charge in [-0.25, -0.2) is 4.79 Å². The largest absolute Gasteiger partial charge is 0.376 e. The molecule has 1 saturated heterocycles. The maximum atomic E-state index is 11.1. The van der Waals surface area contributed by atoms with Crippen LogP contribution in [0.25, 0.3) is 0 Å². The number of hydrogen-bond donors (Lipinski definition) is 2. The number of ether oxygens (including phenoxy) is 2. The molecule has 86 valence electrons. The maximum absolute atomic E-state index is 11.1. The summed E-state index contributed by atoms with van der Waals surface area (Å²) in [5.41, 5.74) is 0. The highest BCUT2D eigenvalue weighted by atomic mass is 35.5. The summed E-state index contributed by atoms with van der Waals surface area (Å²) in [5, 5.41) is 4.53. The van der Waals surface area contributed by atoms with Crippen LogP contribution in [-0.2, 0) is 14.3 Å². The molecule has 1 aliphatic heterocycles. The highest BCUT2D eigenvalue weighted by Crippen LogP contribution is 1.98. The third-order valence-electron chi connectivity index (χ3n) is 1.75. The Bertz CT molecular complexity index is 231. The Labute approximate surface area is 92.2 Å². The molecular formula is C8H13ClN2O4. The molecule has 0 bridgehead atoms. The SMILES string of the molecule is O=C(CCl)NC(=O)NCC1COCCO1. The second-order valence-electron chi connectivity index (χ2n) is 2.96. The van der Waals surface area contributed by atoms with Crippen LogP contribution in [0.4, 0.5) is 4.79 Å². The van der Waals surface area contributed by atoms with Crippen LogP contribution in [0.1, 0.15) is 0 Å². The molecule has 0 radical (unpaired) electrons. The summed E-state index contributed by atoms with van der Waals surface area (Å²) >= 11 is 5.21. The van der Waals surface area contributed by atoms with Crippen LogP contribution in [0.2, 0.25) is 0 Å². The minimum absolute atomic E-state index is 0.157. The fourth-order valence-corrected chi connectivity index (χ4v) is 1.13. The van der Waals surface area contributed by atoms with Gasteiger partial charge >= 0.3 is 6.03 Å². The molecule has 1 heterocycles. The van der Waals surface area contributed by atoms with E-state index < -0.39 is 11.9 Å². The zero-order chi connectivity index (χ0) is 11.1. The third kappa shape index (κ3) is 4.96. The molecule has 0 aliphatic carbocycles. The number of carbonyl (C=O) groups is 2. The second kappa shape index (κ2) is 6.60. The first-order valence-corrected chi connectivity index (χ1v) is 5.09. The van der Waals surface area contributed by atoms with Crippen molar-refractivity contribution in [3.63, 3.8) is 0 Å². The van der Waals surface area contributed by atoms with Gasteiger partial charge in [0.05, 0.1) is 25.9 Å². The Morgan fingerprint density at radius 1 is 1.40 bits per heavy atom. The number of halogens is 1. The molecule has 1 fully saturated rings. The topological polar surface area (TPSA) is 76.7 Å². The second-order valence-corrected chi connectivity index (χ2v) is 3.23. The monoisotopic (exact) mass is 236 g/mol. The first-order valence-electron chi connectivity index (χ1n) is 4.55. The Hall–Kier alpha value is -0.850. The van der Waals surface area contributed by atoms with Gasteiger partial charge in [0.15, 0.2) is 0 Å². The number of hydrogen-bond acceptors (Lipinski definition) is 4. The van der Waals surface area contributed by atoms with Gasteiger partial charge in [0.1, 0.15) is 5.88 Å². The lowest BCUT2D eigenvalue weighted by molar-refractivity contribution is -0.117. The van der Waals surface area contributed by atoms with Crippen LogP contribution >= 0.6 is 11.6 Å². The molecule has 3 amide bonds. The quantitative estimate of drug-likeness (QED) is 0.646. The molecule has 7 heteroatoms. The zero-order valence-corrected chi connectivity index (χ0v) is 8.88. The highest BCUT2D eigenvalue weighted by molar-refractivity contribution is 6.28. The van der Waals surface area contributed by atoms with Crippen molar-refractivity contribution in [2.75, 3.05) is 32.2 Å². The van der Waals surface area contributed by atoms with E-state index in [1.807, 2.05) is 0 Å². The lowest BCUT2D eigenvalue weighted by atomic mass is 10.3. The molecule has 1 atom stereocenters. The minimum atomic E-state index is -0.574. The lowest BCUT2D eigenvalue weighted by Crippen LogP contribution is -2.45. The van der Waals surface area contributed by atoms with E-state index in [2.05, 4.69) is 10.6 Å². The molecule has 0 aromatic heterocycles. The van der Waals surface area contributed by atoms with Crippen LogP contribution in [0.3, 0.4) is 0 Å². The van der Waals surface area contributed by atoms with E-state index in [1.165, 1.54) is 0 Å². The van der Waals surface area contributed by atoms with E-state index in [4.69, 9.17) is 21.1 Å². The van der Waals surface area contributed by atoms with E-state index in [9.17, 15) is 9.59 Å². The number of nitrogens with one attached hydrogen (secondary N) is 2. The third-order valence-corrected chi connectivity index (χ3v) is 1.99. The number of rotatable bonds is 3. The molecule has 0 aromatic rings. The molecule has 6 nitrogen and oxygen atoms in total. The Balaban J connectivity index is 2.12. The number of amides is 3. The van der Waals surface area contributed by atoms with E-state index in [-0.39, 0.29) is 12.0 Å². The maximum Gasteiger partial charge on any atom is 0.321 e. The highest BCUT2D eigenvalue weighted by Gasteiger charge is 2.15. The van der Waals surface area contributed by atoms with Crippen LogP contribution in [-0.4, -0.2) is 50.3 Å². The number of carbonyl (C=O) groups excluding carboxylic acids is 2. The summed E-state index contributed by atoms with van der Waals surface area (Å²) in [7, 11) is 0. The average molecular weight is 237 g/mol. The zero-order valence-electron chi connectivity index (χ0n) is 8.12. The predicted octanol–water partition coefficient (Wildman–Crippen LogP) is -0.534. The van der Waals surface area contributed by atoms with Crippen molar-refractivity contribution in [1.82, 2.24) is 10.6 Å². The average Bonchev–Trinajstić information content (AvgIpc) is 2.27. The smallest absolute Gasteiger partial charge is 0.321 e. The normalized spacial score (nSPS) is 20.7. The Morgan fingerprint density at radius 2 is 2.20 bits per heavy atom. The van der Waals surface area contributed by atoms with Gasteiger partial charge in [0, 0.05) is 6.54 Å². The summed E-state index contributed by atoms with van der Waals surface area (Å²) in [6, 6.07) is -0.574. The van der Waals surface area contributed by atoms with Gasteiger partial charge in [0.2, 0.25) is 5.91 Å². The summed E-state index contributed by atoms with van der Waals surface area (Å²) in [6.45, 7) is 1.85. The number of urea groups is 1. The number of imide groups is 1. The van der Waals surface area contributed by atoms with E-state index >= 15 is 0 Å². The molecular weight excluding hydrogens is 224 g/mol. The van der Waals surface area contributed by atoms with E-state index in [0.29, 0.717) is 26.4 Å². The van der Waals surface area contributed by atoms with Gasteiger partial charge in [0.25, 0.3) is 0 Å². The van der Waals surface area contributed by atoms with Gasteiger partial charge in [-0.05, 0) is 0 Å². The van der Waals surface area contributed by atoms with Crippen molar-refractivity contribution in [3.05, 3.63) is 0 Å². The molecule has 1 aliphatic rings. The molecule has 0 aromatic carbocycles. The van der Waals surface area contributed by atoms with Crippen molar-refractivity contribution in [1.29, 1.82) is 0 Å². The lowest BCUT2D eigenvalue weighted by Gasteiger charge is -2.22. The Kier molecular flexibility index (Phi) is 5.38. The molecule has 15 heavy (non-hydrogen) atoms. The molecule has 0 spiro atoms. The number of alkyl halides is 1. The van der Waals surface area contributed by atoms with Crippen molar-refractivity contribution in [2.45, 2.75) is 6.10 Å². The van der Waals surface area contributed by atoms with Crippen molar-refractivity contribution < 1.29 is 19.1 Å². The standard InChI is InChI=1S/C8H13ClN2O4/c9-3-7(12)11-8(13)10-4-6-5-14-1-2-15-6/h6H,1-5H2,(H2,10,11,12,13). The van der Waals surface area contributed by atoms with Gasteiger partial charge < -0.3 is 14.8 Å². The fraction of sp³-hybridized carbons (Fsp3) is 0.750. The fourth-order valence-electron chi connectivity index (χ4n) is 1.07. The van der Waals surface area contributed by atoms with Crippen molar-refractivity contribution in [2.24, 2.45) is 0 Å². The van der Waals surface area contributed by atoms with Crippen LogP contribution in [0, 0.1) is 0 Å². The molecule has 0 saturated carbocycles. The minimum Gasteiger partial charge on any atom is -0.376 e. The van der Waals surface area contributed by atoms with Crippen molar-refractivity contribution in [3.8, 4) is 0 Å². The van der Waals surface area contributed by atoms with Crippen LogP contribution < -0.4 is 10.6 Å². The van der Waals surface area contributed by atoms with E-state index in [0.717, 1.165) is 0 Å². The summed E-state index contributed by atoms with van der Waals surface area (Å²) in [5.74, 6) is -0.772. The molecule has 1 rings (SSSR count). The van der Waals surface area contributed by atoms with Gasteiger partial charge in [-0.1, -0.05) is 0 Å². The van der Waals surface area contributed by atoms with Crippen molar-refractivity contribution >= 4 is 23.5 Å². The first kappa shape index (κ1) is 12.2. The Morgan fingerprint density at radius 3 is 2.80 bits per heavy atom. The molecule has 1 unspecified atom stereocenters. The predicted molar refractivity (Wildman–Crippen MR) is 52.8 cm³/mol.